The molecule has 5 heteroatoms. The van der Waals surface area contributed by atoms with E-state index in [2.05, 4.69) is 35.6 Å². The Morgan fingerprint density at radius 3 is 2.62 bits per heavy atom. The van der Waals surface area contributed by atoms with Crippen LogP contribution in [0.15, 0.2) is 11.2 Å². The van der Waals surface area contributed by atoms with Crippen LogP contribution in [0.25, 0.3) is 0 Å². The van der Waals surface area contributed by atoms with Gasteiger partial charge in [0.05, 0.1) is 0 Å². The van der Waals surface area contributed by atoms with Gasteiger partial charge in [-0.3, -0.25) is 0 Å². The molecule has 2 N–H and O–H groups in total. The first-order valence-electron chi connectivity index (χ1n) is 5.53. The molecule has 0 aliphatic heterocycles. The Morgan fingerprint density at radius 1 is 1.44 bits per heavy atom. The molecule has 1 aromatic rings. The van der Waals surface area contributed by atoms with Crippen molar-refractivity contribution < 1.29 is 0 Å². The fourth-order valence-electron chi connectivity index (χ4n) is 1.55. The Hall–Kier alpha value is -0.970. The Balaban J connectivity index is 3.03. The van der Waals surface area contributed by atoms with Gasteiger partial charge < -0.3 is 10.6 Å². The van der Waals surface area contributed by atoms with Gasteiger partial charge in [0.25, 0.3) is 0 Å². The van der Waals surface area contributed by atoms with Crippen molar-refractivity contribution in [3.8, 4) is 0 Å². The maximum Gasteiger partial charge on any atom is 0.191 e. The van der Waals surface area contributed by atoms with Crippen molar-refractivity contribution in [3.05, 3.63) is 6.07 Å². The summed E-state index contributed by atoms with van der Waals surface area (Å²) in [6.07, 6.45) is 3.05. The molecule has 0 aliphatic carbocycles. The molecule has 0 saturated carbocycles. The summed E-state index contributed by atoms with van der Waals surface area (Å²) in [5.74, 6) is 1.46. The smallest absolute Gasteiger partial charge is 0.191 e. The molecule has 4 nitrogen and oxygen atoms in total. The first-order chi connectivity index (χ1) is 7.58. The van der Waals surface area contributed by atoms with Crippen molar-refractivity contribution in [2.24, 2.45) is 0 Å². The molecular formula is C11H20N4S. The summed E-state index contributed by atoms with van der Waals surface area (Å²) in [6.45, 7) is 7.47. The van der Waals surface area contributed by atoms with E-state index in [4.69, 9.17) is 5.73 Å². The summed E-state index contributed by atoms with van der Waals surface area (Å²) >= 11 is 1.52. The highest BCUT2D eigenvalue weighted by atomic mass is 32.2. The molecule has 0 aromatic carbocycles. The van der Waals surface area contributed by atoms with Crippen LogP contribution >= 0.6 is 11.8 Å². The van der Waals surface area contributed by atoms with Gasteiger partial charge in [0.1, 0.15) is 11.6 Å². The standard InChI is InChI=1S/C11H20N4S/c1-5-6-15(8(2)3)10-7-9(12)13-11(14-10)16-4/h7-8H,5-6H2,1-4H3,(H2,12,13,14). The maximum atomic E-state index is 5.78. The molecule has 0 amide bonds. The predicted octanol–water partition coefficient (Wildman–Crippen LogP) is 2.41. The van der Waals surface area contributed by atoms with Crippen molar-refractivity contribution in [1.29, 1.82) is 0 Å². The molecule has 0 aliphatic rings. The van der Waals surface area contributed by atoms with Crippen molar-refractivity contribution in [2.75, 3.05) is 23.4 Å². The minimum absolute atomic E-state index is 0.420. The average Bonchev–Trinajstić information content (AvgIpc) is 2.24. The molecular weight excluding hydrogens is 220 g/mol. The summed E-state index contributed by atoms with van der Waals surface area (Å²) < 4.78 is 0. The van der Waals surface area contributed by atoms with Gasteiger partial charge in [-0.15, -0.1) is 0 Å². The van der Waals surface area contributed by atoms with Crippen LogP contribution in [0, 0.1) is 0 Å². The topological polar surface area (TPSA) is 55.0 Å². The van der Waals surface area contributed by atoms with Crippen LogP contribution in [0.1, 0.15) is 27.2 Å². The summed E-state index contributed by atoms with van der Waals surface area (Å²) in [5, 5.41) is 0.733. The third-order valence-corrected chi connectivity index (χ3v) is 2.82. The van der Waals surface area contributed by atoms with Gasteiger partial charge in [-0.25, -0.2) is 9.97 Å². The number of nitrogen functional groups attached to an aromatic ring is 1. The molecule has 1 rings (SSSR count). The Bertz CT molecular complexity index is 341. The number of aromatic nitrogens is 2. The van der Waals surface area contributed by atoms with Crippen molar-refractivity contribution >= 4 is 23.4 Å². The van der Waals surface area contributed by atoms with Crippen LogP contribution in [0.4, 0.5) is 11.6 Å². The quantitative estimate of drug-likeness (QED) is 0.632. The van der Waals surface area contributed by atoms with E-state index in [1.807, 2.05) is 12.3 Å². The van der Waals surface area contributed by atoms with Gasteiger partial charge >= 0.3 is 0 Å². The summed E-state index contributed by atoms with van der Waals surface area (Å²) in [6, 6.07) is 2.26. The van der Waals surface area contributed by atoms with E-state index in [0.717, 1.165) is 23.9 Å². The molecule has 1 aromatic heterocycles. The van der Waals surface area contributed by atoms with Gasteiger partial charge in [0, 0.05) is 18.7 Å². The fourth-order valence-corrected chi connectivity index (χ4v) is 1.93. The molecule has 0 spiro atoms. The van der Waals surface area contributed by atoms with Crippen LogP contribution in [0.3, 0.4) is 0 Å². The van der Waals surface area contributed by atoms with E-state index < -0.39 is 0 Å². The van der Waals surface area contributed by atoms with Crippen LogP contribution in [0.2, 0.25) is 0 Å². The van der Waals surface area contributed by atoms with E-state index in [1.165, 1.54) is 11.8 Å². The predicted molar refractivity (Wildman–Crippen MR) is 71.0 cm³/mol. The highest BCUT2D eigenvalue weighted by molar-refractivity contribution is 7.98. The van der Waals surface area contributed by atoms with Gasteiger partial charge in [-0.1, -0.05) is 18.7 Å². The van der Waals surface area contributed by atoms with E-state index >= 15 is 0 Å². The molecule has 0 fully saturated rings. The van der Waals surface area contributed by atoms with Crippen LogP contribution in [-0.4, -0.2) is 28.8 Å². The van der Waals surface area contributed by atoms with Crippen molar-refractivity contribution in [1.82, 2.24) is 9.97 Å². The molecule has 0 atom stereocenters. The summed E-state index contributed by atoms with van der Waals surface area (Å²) in [5.41, 5.74) is 5.78. The van der Waals surface area contributed by atoms with Gasteiger partial charge in [-0.05, 0) is 26.5 Å². The Labute approximate surface area is 102 Å². The van der Waals surface area contributed by atoms with Gasteiger partial charge in [-0.2, -0.15) is 0 Å². The highest BCUT2D eigenvalue weighted by Crippen LogP contribution is 2.20. The summed E-state index contributed by atoms with van der Waals surface area (Å²) in [7, 11) is 0. The maximum absolute atomic E-state index is 5.78. The van der Waals surface area contributed by atoms with Crippen LogP contribution in [0.5, 0.6) is 0 Å². The number of hydrogen-bond donors (Lipinski definition) is 1. The zero-order valence-electron chi connectivity index (χ0n) is 10.4. The second-order valence-electron chi connectivity index (χ2n) is 3.92. The first kappa shape index (κ1) is 13.1. The second-order valence-corrected chi connectivity index (χ2v) is 4.70. The van der Waals surface area contributed by atoms with E-state index in [9.17, 15) is 0 Å². The molecule has 0 radical (unpaired) electrons. The zero-order chi connectivity index (χ0) is 12.1. The zero-order valence-corrected chi connectivity index (χ0v) is 11.2. The van der Waals surface area contributed by atoms with Crippen molar-refractivity contribution in [2.45, 2.75) is 38.4 Å². The van der Waals surface area contributed by atoms with E-state index in [-0.39, 0.29) is 0 Å². The SMILES string of the molecule is CCCN(c1cc(N)nc(SC)n1)C(C)C. The fraction of sp³-hybridized carbons (Fsp3) is 0.636. The molecule has 1 heterocycles. The molecule has 0 bridgehead atoms. The van der Waals surface area contributed by atoms with Crippen molar-refractivity contribution in [3.63, 3.8) is 0 Å². The third-order valence-electron chi connectivity index (χ3n) is 2.28. The Kier molecular flexibility index (Phi) is 4.86. The summed E-state index contributed by atoms with van der Waals surface area (Å²) in [4.78, 5) is 10.9. The number of nitrogens with two attached hydrogens (primary N) is 1. The van der Waals surface area contributed by atoms with Crippen LogP contribution in [-0.2, 0) is 0 Å². The third kappa shape index (κ3) is 3.27. The average molecular weight is 240 g/mol. The lowest BCUT2D eigenvalue weighted by molar-refractivity contribution is 0.656. The Morgan fingerprint density at radius 2 is 2.12 bits per heavy atom. The van der Waals surface area contributed by atoms with Crippen LogP contribution < -0.4 is 10.6 Å². The molecule has 0 saturated heterocycles. The molecule has 0 unspecified atom stereocenters. The van der Waals surface area contributed by atoms with Gasteiger partial charge in [0.15, 0.2) is 5.16 Å². The number of anilines is 2. The highest BCUT2D eigenvalue weighted by Gasteiger charge is 2.12. The minimum Gasteiger partial charge on any atom is -0.383 e. The number of rotatable bonds is 5. The normalized spacial score (nSPS) is 10.8. The largest absolute Gasteiger partial charge is 0.383 e. The number of thioether (sulfide) groups is 1. The van der Waals surface area contributed by atoms with E-state index in [0.29, 0.717) is 11.9 Å². The lowest BCUT2D eigenvalue weighted by Gasteiger charge is -2.27. The second kappa shape index (κ2) is 5.94. The van der Waals surface area contributed by atoms with E-state index in [1.54, 1.807) is 0 Å². The van der Waals surface area contributed by atoms with Gasteiger partial charge in [0.2, 0.25) is 0 Å². The lowest BCUT2D eigenvalue weighted by atomic mass is 10.3. The lowest BCUT2D eigenvalue weighted by Crippen LogP contribution is -2.32. The monoisotopic (exact) mass is 240 g/mol. The number of nitrogens with zero attached hydrogens (tertiary/aromatic N) is 3. The minimum atomic E-state index is 0.420. The first-order valence-corrected chi connectivity index (χ1v) is 6.76. The molecule has 16 heavy (non-hydrogen) atoms. The molecule has 90 valence electrons. The number of hydrogen-bond acceptors (Lipinski definition) is 5.